The van der Waals surface area contributed by atoms with E-state index in [1.807, 2.05) is 10.9 Å². The molecule has 0 aliphatic heterocycles. The Morgan fingerprint density at radius 2 is 2.16 bits per heavy atom. The van der Waals surface area contributed by atoms with Crippen LogP contribution in [0.15, 0.2) is 17.0 Å². The van der Waals surface area contributed by atoms with Gasteiger partial charge in [-0.25, -0.2) is 4.68 Å². The number of rotatable bonds is 7. The minimum atomic E-state index is 0.202. The van der Waals surface area contributed by atoms with Crippen LogP contribution in [0.5, 0.6) is 0 Å². The van der Waals surface area contributed by atoms with Gasteiger partial charge in [-0.15, -0.1) is 5.10 Å². The second-order valence-corrected chi connectivity index (χ2v) is 5.52. The molecule has 0 amide bonds. The van der Waals surface area contributed by atoms with Crippen molar-refractivity contribution in [2.75, 3.05) is 6.54 Å². The Hall–Kier alpha value is -1.20. The molecule has 19 heavy (non-hydrogen) atoms. The number of hydrogen-bond acceptors (Lipinski definition) is 4. The van der Waals surface area contributed by atoms with Crippen molar-refractivity contribution < 1.29 is 0 Å². The Kier molecular flexibility index (Phi) is 5.10. The summed E-state index contributed by atoms with van der Waals surface area (Å²) in [6.07, 6.45) is 4.08. The molecule has 1 atom stereocenters. The lowest BCUT2D eigenvalue weighted by atomic mass is 10.0. The number of nitrogens with one attached hydrogen (secondary N) is 1. The molecule has 5 heteroatoms. The zero-order valence-corrected chi connectivity index (χ0v) is 12.7. The van der Waals surface area contributed by atoms with E-state index in [1.165, 1.54) is 11.1 Å². The summed E-state index contributed by atoms with van der Waals surface area (Å²) in [4.78, 5) is 0. The van der Waals surface area contributed by atoms with Crippen LogP contribution >= 0.6 is 11.3 Å². The molecule has 0 fully saturated rings. The maximum absolute atomic E-state index is 4.20. The molecule has 0 aliphatic rings. The zero-order valence-electron chi connectivity index (χ0n) is 11.9. The lowest BCUT2D eigenvalue weighted by Crippen LogP contribution is -2.26. The van der Waals surface area contributed by atoms with Gasteiger partial charge in [0.15, 0.2) is 0 Å². The summed E-state index contributed by atoms with van der Waals surface area (Å²) < 4.78 is 2.02. The SMILES string of the molecule is CCCNC(c1cscc1C)c1cnnn1CCC. The summed E-state index contributed by atoms with van der Waals surface area (Å²) in [6.45, 7) is 8.43. The van der Waals surface area contributed by atoms with Crippen molar-refractivity contribution in [1.29, 1.82) is 0 Å². The van der Waals surface area contributed by atoms with Gasteiger partial charge in [0.25, 0.3) is 0 Å². The third-order valence-electron chi connectivity index (χ3n) is 3.18. The molecule has 0 spiro atoms. The largest absolute Gasteiger partial charge is 0.305 e. The Morgan fingerprint density at radius 1 is 1.32 bits per heavy atom. The lowest BCUT2D eigenvalue weighted by molar-refractivity contribution is 0.504. The van der Waals surface area contributed by atoms with Gasteiger partial charge in [-0.3, -0.25) is 0 Å². The highest BCUT2D eigenvalue weighted by Gasteiger charge is 2.20. The maximum atomic E-state index is 4.20. The molecule has 2 heterocycles. The monoisotopic (exact) mass is 278 g/mol. The number of aryl methyl sites for hydroxylation is 2. The van der Waals surface area contributed by atoms with E-state index in [-0.39, 0.29) is 6.04 Å². The minimum absolute atomic E-state index is 0.202. The maximum Gasteiger partial charge on any atom is 0.0802 e. The highest BCUT2D eigenvalue weighted by atomic mass is 32.1. The van der Waals surface area contributed by atoms with E-state index in [2.05, 4.69) is 47.2 Å². The van der Waals surface area contributed by atoms with Crippen molar-refractivity contribution in [3.63, 3.8) is 0 Å². The van der Waals surface area contributed by atoms with Crippen LogP contribution in [0.2, 0.25) is 0 Å². The number of aromatic nitrogens is 3. The number of nitrogens with zero attached hydrogens (tertiary/aromatic N) is 3. The Labute approximate surface area is 118 Å². The standard InChI is InChI=1S/C14H22N4S/c1-4-6-15-14(12-10-19-9-11(12)3)13-8-16-17-18(13)7-5-2/h8-10,14-15H,4-7H2,1-3H3. The van der Waals surface area contributed by atoms with Crippen molar-refractivity contribution in [2.45, 2.75) is 46.2 Å². The molecule has 1 unspecified atom stereocenters. The molecule has 0 aromatic carbocycles. The van der Waals surface area contributed by atoms with Crippen LogP contribution in [0.3, 0.4) is 0 Å². The molecular weight excluding hydrogens is 256 g/mol. The molecule has 0 aliphatic carbocycles. The van der Waals surface area contributed by atoms with E-state index in [0.717, 1.165) is 31.6 Å². The van der Waals surface area contributed by atoms with Crippen molar-refractivity contribution >= 4 is 11.3 Å². The summed E-state index contributed by atoms with van der Waals surface area (Å²) in [5.74, 6) is 0. The van der Waals surface area contributed by atoms with Gasteiger partial charge in [-0.05, 0) is 48.2 Å². The number of thiophene rings is 1. The highest BCUT2D eigenvalue weighted by Crippen LogP contribution is 2.27. The average molecular weight is 278 g/mol. The third kappa shape index (κ3) is 3.22. The molecular formula is C14H22N4S. The fraction of sp³-hybridized carbons (Fsp3) is 0.571. The van der Waals surface area contributed by atoms with E-state index in [4.69, 9.17) is 0 Å². The molecule has 2 aromatic rings. The molecule has 0 saturated heterocycles. The summed E-state index contributed by atoms with van der Waals surface area (Å²) in [6, 6.07) is 0.202. The predicted molar refractivity (Wildman–Crippen MR) is 79.5 cm³/mol. The van der Waals surface area contributed by atoms with Crippen LogP contribution in [0.25, 0.3) is 0 Å². The molecule has 4 nitrogen and oxygen atoms in total. The lowest BCUT2D eigenvalue weighted by Gasteiger charge is -2.19. The van der Waals surface area contributed by atoms with Gasteiger partial charge in [-0.1, -0.05) is 19.1 Å². The van der Waals surface area contributed by atoms with E-state index in [1.54, 1.807) is 11.3 Å². The summed E-state index contributed by atoms with van der Waals surface area (Å²) in [7, 11) is 0. The normalized spacial score (nSPS) is 12.8. The highest BCUT2D eigenvalue weighted by molar-refractivity contribution is 7.08. The first kappa shape index (κ1) is 14.2. The smallest absolute Gasteiger partial charge is 0.0802 e. The summed E-state index contributed by atoms with van der Waals surface area (Å²) in [5, 5.41) is 16.3. The number of hydrogen-bond donors (Lipinski definition) is 1. The van der Waals surface area contributed by atoms with E-state index in [0.29, 0.717) is 0 Å². The quantitative estimate of drug-likeness (QED) is 0.846. The van der Waals surface area contributed by atoms with Crippen molar-refractivity contribution in [3.05, 3.63) is 33.8 Å². The fourth-order valence-corrected chi connectivity index (χ4v) is 3.08. The summed E-state index contributed by atoms with van der Waals surface area (Å²) in [5.41, 5.74) is 3.85. The zero-order chi connectivity index (χ0) is 13.7. The average Bonchev–Trinajstić information content (AvgIpc) is 3.01. The van der Waals surface area contributed by atoms with E-state index >= 15 is 0 Å². The minimum Gasteiger partial charge on any atom is -0.305 e. The molecule has 2 rings (SSSR count). The van der Waals surface area contributed by atoms with E-state index < -0.39 is 0 Å². The van der Waals surface area contributed by atoms with Crippen molar-refractivity contribution in [2.24, 2.45) is 0 Å². The molecule has 2 aromatic heterocycles. The first-order valence-corrected chi connectivity index (χ1v) is 7.86. The molecule has 104 valence electrons. The Balaban J connectivity index is 2.31. The molecule has 0 saturated carbocycles. The second-order valence-electron chi connectivity index (χ2n) is 4.78. The van der Waals surface area contributed by atoms with Gasteiger partial charge in [0.2, 0.25) is 0 Å². The first-order valence-electron chi connectivity index (χ1n) is 6.92. The topological polar surface area (TPSA) is 42.7 Å². The van der Waals surface area contributed by atoms with Crippen molar-refractivity contribution in [3.8, 4) is 0 Å². The van der Waals surface area contributed by atoms with Gasteiger partial charge >= 0.3 is 0 Å². The van der Waals surface area contributed by atoms with Gasteiger partial charge in [0, 0.05) is 6.54 Å². The fourth-order valence-electron chi connectivity index (χ4n) is 2.20. The molecule has 0 bridgehead atoms. The van der Waals surface area contributed by atoms with Crippen LogP contribution in [-0.2, 0) is 6.54 Å². The third-order valence-corrected chi connectivity index (χ3v) is 4.06. The predicted octanol–water partition coefficient (Wildman–Crippen LogP) is 3.15. The van der Waals surface area contributed by atoms with Crippen molar-refractivity contribution in [1.82, 2.24) is 20.3 Å². The Morgan fingerprint density at radius 3 is 2.79 bits per heavy atom. The summed E-state index contributed by atoms with van der Waals surface area (Å²) >= 11 is 1.75. The molecule has 1 N–H and O–H groups in total. The second kappa shape index (κ2) is 6.82. The van der Waals surface area contributed by atoms with Crippen LogP contribution < -0.4 is 5.32 Å². The van der Waals surface area contributed by atoms with Gasteiger partial charge in [0.05, 0.1) is 17.9 Å². The van der Waals surface area contributed by atoms with E-state index in [9.17, 15) is 0 Å². The molecule has 0 radical (unpaired) electrons. The van der Waals surface area contributed by atoms with Crippen LogP contribution in [-0.4, -0.2) is 21.5 Å². The van der Waals surface area contributed by atoms with Crippen LogP contribution in [0.1, 0.15) is 49.6 Å². The van der Waals surface area contributed by atoms with Gasteiger partial charge in [-0.2, -0.15) is 11.3 Å². The van der Waals surface area contributed by atoms with Gasteiger partial charge in [0.1, 0.15) is 0 Å². The van der Waals surface area contributed by atoms with Crippen LogP contribution in [0, 0.1) is 6.92 Å². The van der Waals surface area contributed by atoms with Crippen LogP contribution in [0.4, 0.5) is 0 Å². The van der Waals surface area contributed by atoms with Gasteiger partial charge < -0.3 is 5.32 Å². The first-order chi connectivity index (χ1) is 9.27. The Bertz CT molecular complexity index is 503.